The van der Waals surface area contributed by atoms with Gasteiger partial charge in [0.1, 0.15) is 18.6 Å². The van der Waals surface area contributed by atoms with E-state index in [9.17, 15) is 38.6 Å². The van der Waals surface area contributed by atoms with Crippen LogP contribution in [0, 0.1) is 19.8 Å². The molecule has 0 bridgehead atoms. The van der Waals surface area contributed by atoms with Gasteiger partial charge in [-0.25, -0.2) is 19.2 Å². The first-order chi connectivity index (χ1) is 18.3. The summed E-state index contributed by atoms with van der Waals surface area (Å²) in [5, 5.41) is 12.5. The van der Waals surface area contributed by atoms with Gasteiger partial charge in [-0.05, 0) is 39.0 Å². The van der Waals surface area contributed by atoms with E-state index in [2.05, 4.69) is 15.1 Å². The van der Waals surface area contributed by atoms with Crippen LogP contribution >= 0.6 is 7.75 Å². The summed E-state index contributed by atoms with van der Waals surface area (Å²) in [7, 11) is -4.51. The summed E-state index contributed by atoms with van der Waals surface area (Å²) in [5.74, 6) is -0.221. The summed E-state index contributed by atoms with van der Waals surface area (Å²) in [4.78, 5) is 70.6. The van der Waals surface area contributed by atoms with E-state index in [-0.39, 0.29) is 25.5 Å². The highest BCUT2D eigenvalue weighted by molar-refractivity contribution is 7.49. The summed E-state index contributed by atoms with van der Waals surface area (Å²) in [5.41, 5.74) is -1.70. The second kappa shape index (κ2) is 11.8. The minimum Gasteiger partial charge on any atom is -0.388 e. The fraction of sp³-hybridized carbons (Fsp3) is 0.636. The Balaban J connectivity index is 1.35. The van der Waals surface area contributed by atoms with Gasteiger partial charge in [0.2, 0.25) is 0 Å². The lowest BCUT2D eigenvalue weighted by molar-refractivity contribution is -0.177. The smallest absolute Gasteiger partial charge is 0.388 e. The lowest BCUT2D eigenvalue weighted by Gasteiger charge is -2.20. The van der Waals surface area contributed by atoms with Crippen molar-refractivity contribution < 1.29 is 33.7 Å². The third kappa shape index (κ3) is 7.10. The van der Waals surface area contributed by atoms with Gasteiger partial charge in [-0.2, -0.15) is 0 Å². The van der Waals surface area contributed by atoms with E-state index >= 15 is 0 Å². The van der Waals surface area contributed by atoms with Gasteiger partial charge in [-0.1, -0.05) is 0 Å². The zero-order valence-corrected chi connectivity index (χ0v) is 22.2. The zero-order valence-electron chi connectivity index (χ0n) is 21.3. The number of ether oxygens (including phenoxy) is 3. The van der Waals surface area contributed by atoms with Crippen molar-refractivity contribution in [2.24, 2.45) is 5.92 Å². The Kier molecular flexibility index (Phi) is 8.88. The minimum atomic E-state index is -4.51. The molecule has 6 atom stereocenters. The van der Waals surface area contributed by atoms with Gasteiger partial charge in [-0.3, -0.25) is 28.7 Å². The summed E-state index contributed by atoms with van der Waals surface area (Å²) in [6, 6.07) is 0. The lowest BCUT2D eigenvalue weighted by atomic mass is 9.95. The van der Waals surface area contributed by atoms with Crippen LogP contribution in [0.15, 0.2) is 31.6 Å². The molecule has 4 rings (SSSR count). The van der Waals surface area contributed by atoms with E-state index in [0.717, 1.165) is 0 Å². The van der Waals surface area contributed by atoms with Crippen LogP contribution in [0.25, 0.3) is 0 Å². The number of rotatable bonds is 10. The van der Waals surface area contributed by atoms with Crippen LogP contribution < -0.4 is 27.6 Å². The molecule has 6 N–H and O–H groups in total. The lowest BCUT2D eigenvalue weighted by Crippen LogP contribution is -2.34. The van der Waals surface area contributed by atoms with Gasteiger partial charge in [0.05, 0.1) is 6.10 Å². The first kappa shape index (κ1) is 29.3. The Hall–Kier alpha value is -2.69. The summed E-state index contributed by atoms with van der Waals surface area (Å²) in [6.45, 7) is 3.08. The van der Waals surface area contributed by atoms with Crippen molar-refractivity contribution in [3.63, 3.8) is 0 Å². The molecule has 0 unspecified atom stereocenters. The second-order valence-corrected chi connectivity index (χ2v) is 11.2. The second-order valence-electron chi connectivity index (χ2n) is 9.76. The van der Waals surface area contributed by atoms with Crippen molar-refractivity contribution in [2.45, 2.75) is 70.5 Å². The summed E-state index contributed by atoms with van der Waals surface area (Å²) < 4.78 is 31.1. The molecule has 0 spiro atoms. The topological polar surface area (TPSA) is 227 Å². The van der Waals surface area contributed by atoms with E-state index in [4.69, 9.17) is 14.2 Å². The van der Waals surface area contributed by atoms with Crippen molar-refractivity contribution in [2.75, 3.05) is 13.2 Å². The molecule has 2 aliphatic heterocycles. The summed E-state index contributed by atoms with van der Waals surface area (Å²) in [6.07, 6.45) is -0.103. The van der Waals surface area contributed by atoms with Gasteiger partial charge in [0, 0.05) is 43.1 Å². The quantitative estimate of drug-likeness (QED) is 0.144. The van der Waals surface area contributed by atoms with Crippen LogP contribution in [-0.2, 0) is 18.8 Å². The predicted octanol–water partition coefficient (Wildman–Crippen LogP) is -1.31. The number of nitrogens with one attached hydrogen (secondary N) is 3. The highest BCUT2D eigenvalue weighted by Gasteiger charge is 2.38. The van der Waals surface area contributed by atoms with Gasteiger partial charge in [0.15, 0.2) is 6.29 Å². The highest BCUT2D eigenvalue weighted by atomic mass is 31.2. The van der Waals surface area contributed by atoms with Gasteiger partial charge in [0.25, 0.3) is 11.1 Å². The molecule has 2 aromatic heterocycles. The Labute approximate surface area is 220 Å². The van der Waals surface area contributed by atoms with Crippen molar-refractivity contribution in [3.05, 3.63) is 65.2 Å². The number of nitrogens with zero attached hydrogens (tertiary/aromatic N) is 2. The number of aromatic nitrogens is 4. The normalized spacial score (nSPS) is 27.3. The van der Waals surface area contributed by atoms with Crippen LogP contribution in [-0.4, -0.2) is 65.6 Å². The molecule has 0 saturated carbocycles. The van der Waals surface area contributed by atoms with Gasteiger partial charge in [-0.15, -0.1) is 0 Å². The first-order valence-electron chi connectivity index (χ1n) is 12.4. The molecule has 216 valence electrons. The van der Waals surface area contributed by atoms with E-state index < -0.39 is 61.2 Å². The van der Waals surface area contributed by atoms with E-state index in [0.29, 0.717) is 30.4 Å². The minimum absolute atomic E-state index is 0.0810. The molecule has 17 heteroatoms. The molecule has 2 aromatic rings. The van der Waals surface area contributed by atoms with Crippen molar-refractivity contribution in [1.82, 2.24) is 24.2 Å². The Morgan fingerprint density at radius 1 is 1.00 bits per heavy atom. The Bertz CT molecular complexity index is 1460. The predicted molar refractivity (Wildman–Crippen MR) is 134 cm³/mol. The van der Waals surface area contributed by atoms with Crippen LogP contribution in [0.2, 0.25) is 0 Å². The molecule has 0 radical (unpaired) electrons. The Morgan fingerprint density at radius 3 is 2.13 bits per heavy atom. The van der Waals surface area contributed by atoms with Crippen molar-refractivity contribution in [3.8, 4) is 0 Å². The van der Waals surface area contributed by atoms with Gasteiger partial charge >= 0.3 is 19.1 Å². The molecule has 2 fully saturated rings. The highest BCUT2D eigenvalue weighted by Crippen LogP contribution is 2.37. The molecule has 0 aromatic carbocycles. The molecule has 0 amide bonds. The summed E-state index contributed by atoms with van der Waals surface area (Å²) >= 11 is 0. The average molecular weight is 573 g/mol. The molecule has 0 aliphatic carbocycles. The molecule has 2 aliphatic rings. The number of aromatic amines is 2. The van der Waals surface area contributed by atoms with E-state index in [1.165, 1.54) is 21.5 Å². The van der Waals surface area contributed by atoms with Crippen LogP contribution in [0.5, 0.6) is 0 Å². The Morgan fingerprint density at radius 2 is 1.56 bits per heavy atom. The molecule has 16 nitrogen and oxygen atoms in total. The van der Waals surface area contributed by atoms with Gasteiger partial charge < -0.3 is 29.1 Å². The first-order valence-corrected chi connectivity index (χ1v) is 14.0. The number of hydrogen-bond donors (Lipinski definition) is 6. The molecular weight excluding hydrogens is 541 g/mol. The molecule has 4 heterocycles. The fourth-order valence-electron chi connectivity index (χ4n) is 4.78. The maximum absolute atomic E-state index is 12.3. The average Bonchev–Trinajstić information content (AvgIpc) is 3.42. The molecule has 39 heavy (non-hydrogen) atoms. The monoisotopic (exact) mass is 573 g/mol. The number of hydrogen-bond acceptors (Lipinski definition) is 9. The van der Waals surface area contributed by atoms with Crippen LogP contribution in [0.4, 0.5) is 0 Å². The largest absolute Gasteiger partial charge is 0.400 e. The zero-order chi connectivity index (χ0) is 28.5. The number of aryl methyl sites for hydroxylation is 2. The van der Waals surface area contributed by atoms with Crippen LogP contribution in [0.3, 0.4) is 0 Å². The number of aliphatic hydroxyl groups is 1. The fourth-order valence-corrected chi connectivity index (χ4v) is 5.20. The maximum Gasteiger partial charge on any atom is 0.400 e. The molecule has 2 saturated heterocycles. The number of aliphatic hydroxyl groups excluding tert-OH is 1. The molecular formula is C22H32N5O11P. The third-order valence-corrected chi connectivity index (χ3v) is 7.42. The SMILES string of the molecule is Cc1cn([C@H]2C[C@H](O)[C@@H](OCCC[C@H]3C[C@H](n4cc(C)c(=O)[nH]c4=O)O[C@@H]3CNP(=O)(O)O)O2)c(=O)[nH]c1=O. The van der Waals surface area contributed by atoms with E-state index in [1.54, 1.807) is 13.8 Å². The maximum atomic E-state index is 12.3. The third-order valence-electron chi connectivity index (χ3n) is 6.82. The standard InChI is InChI=1S/C22H32N5O11P/c1-11-9-26(21(31)24-18(11)29)16-6-13(15(37-16)8-23-39(33,34)35)4-3-5-36-20-14(28)7-17(38-20)27-10-12(2)19(30)25-22(27)32/h9-10,13-17,20,28H,3-8H2,1-2H3,(H,24,29,31)(H,25,30,32)(H3,23,33,34,35)/t13-,14-,15+,16+,17+,20-/m0/s1. The van der Waals surface area contributed by atoms with Crippen molar-refractivity contribution >= 4 is 7.75 Å². The van der Waals surface area contributed by atoms with E-state index in [1.807, 2.05) is 0 Å². The number of H-pyrrole nitrogens is 2. The van der Waals surface area contributed by atoms with Crippen molar-refractivity contribution in [1.29, 1.82) is 0 Å². The van der Waals surface area contributed by atoms with Crippen LogP contribution in [0.1, 0.15) is 49.3 Å².